The van der Waals surface area contributed by atoms with E-state index >= 15 is 0 Å². The van der Waals surface area contributed by atoms with Crippen molar-refractivity contribution in [3.63, 3.8) is 0 Å². The molecule has 0 amide bonds. The van der Waals surface area contributed by atoms with Crippen LogP contribution in [0.1, 0.15) is 12.8 Å². The summed E-state index contributed by atoms with van der Waals surface area (Å²) in [6.07, 6.45) is 2.23. The Balaban J connectivity index is 2.60. The summed E-state index contributed by atoms with van der Waals surface area (Å²) in [4.78, 5) is 0. The lowest BCUT2D eigenvalue weighted by Crippen LogP contribution is -2.43. The second-order valence-corrected chi connectivity index (χ2v) is 6.19. The molecule has 1 saturated heterocycles. The summed E-state index contributed by atoms with van der Waals surface area (Å²) in [6, 6.07) is 0. The predicted octanol–water partition coefficient (Wildman–Crippen LogP) is 0.753. The molecule has 0 spiro atoms. The van der Waals surface area contributed by atoms with Crippen LogP contribution in [0.4, 0.5) is 0 Å². The maximum Gasteiger partial charge on any atom is 0.283 e. The number of quaternary nitrogens is 1. The molecule has 0 aliphatic carbocycles. The van der Waals surface area contributed by atoms with Gasteiger partial charge in [0.1, 0.15) is 0 Å². The topological polar surface area (TPSA) is 34.1 Å². The minimum absolute atomic E-state index is 0.0779. The zero-order chi connectivity index (χ0) is 8.54. The highest BCUT2D eigenvalue weighted by Gasteiger charge is 2.31. The molecule has 1 heterocycles. The molecule has 1 aliphatic heterocycles. The van der Waals surface area contributed by atoms with Crippen LogP contribution in [0.5, 0.6) is 0 Å². The van der Waals surface area contributed by atoms with E-state index in [0.29, 0.717) is 4.48 Å². The molecule has 1 fully saturated rings. The molecule has 1 aliphatic rings. The van der Waals surface area contributed by atoms with E-state index in [0.717, 1.165) is 25.9 Å². The molecule has 0 saturated carbocycles. The van der Waals surface area contributed by atoms with E-state index in [-0.39, 0.29) is 5.88 Å². The lowest BCUT2D eigenvalue weighted by Gasteiger charge is -2.26. The normalized spacial score (nSPS) is 23.8. The van der Waals surface area contributed by atoms with Crippen LogP contribution in [-0.4, -0.2) is 38.9 Å². The predicted molar refractivity (Wildman–Crippen MR) is 44.8 cm³/mol. The Morgan fingerprint density at radius 1 is 1.36 bits per heavy atom. The highest BCUT2D eigenvalue weighted by Crippen LogP contribution is 2.18. The quantitative estimate of drug-likeness (QED) is 0.485. The van der Waals surface area contributed by atoms with Crippen molar-refractivity contribution < 1.29 is 12.9 Å². The summed E-state index contributed by atoms with van der Waals surface area (Å²) in [5, 5.41) is 0. The molecule has 66 valence electrons. The lowest BCUT2D eigenvalue weighted by atomic mass is 10.4. The summed E-state index contributed by atoms with van der Waals surface area (Å²) in [6.45, 7) is 1.87. The van der Waals surface area contributed by atoms with Gasteiger partial charge in [-0.3, -0.25) is 0 Å². The molecule has 0 aromatic rings. The molecule has 0 aromatic carbocycles. The average molecular weight is 199 g/mol. The third-order valence-electron chi connectivity index (χ3n) is 2.11. The fourth-order valence-corrected chi connectivity index (χ4v) is 3.31. The number of hydrogen-bond donors (Lipinski definition) is 0. The van der Waals surface area contributed by atoms with Gasteiger partial charge in [0.05, 0.1) is 20.1 Å². The van der Waals surface area contributed by atoms with Crippen LogP contribution < -0.4 is 0 Å². The highest BCUT2D eigenvalue weighted by molar-refractivity contribution is 8.13. The van der Waals surface area contributed by atoms with Crippen molar-refractivity contribution in [3.05, 3.63) is 0 Å². The average Bonchev–Trinajstić information content (AvgIpc) is 2.09. The van der Waals surface area contributed by atoms with E-state index < -0.39 is 9.05 Å². The van der Waals surface area contributed by atoms with Gasteiger partial charge in [-0.2, -0.15) is 0 Å². The van der Waals surface area contributed by atoms with E-state index in [9.17, 15) is 8.42 Å². The zero-order valence-corrected chi connectivity index (χ0v) is 8.16. The SMILES string of the molecule is C[N+]1(CS(=O)(=O)Cl)CCCC1. The van der Waals surface area contributed by atoms with E-state index in [2.05, 4.69) is 0 Å². The molecular formula is C6H13ClNO2S+. The fraction of sp³-hybridized carbons (Fsp3) is 1.00. The molecule has 0 bridgehead atoms. The third kappa shape index (κ3) is 2.97. The van der Waals surface area contributed by atoms with Crippen LogP contribution in [0.25, 0.3) is 0 Å². The zero-order valence-electron chi connectivity index (χ0n) is 6.59. The van der Waals surface area contributed by atoms with Gasteiger partial charge in [0.25, 0.3) is 9.05 Å². The second kappa shape index (κ2) is 2.92. The largest absolute Gasteiger partial charge is 0.312 e. The number of hydrogen-bond acceptors (Lipinski definition) is 2. The molecule has 0 N–H and O–H groups in total. The summed E-state index contributed by atoms with van der Waals surface area (Å²) in [7, 11) is 3.78. The van der Waals surface area contributed by atoms with Crippen LogP contribution in [0.2, 0.25) is 0 Å². The molecule has 0 unspecified atom stereocenters. The Hall–Kier alpha value is 0.200. The molecule has 0 radical (unpaired) electrons. The van der Waals surface area contributed by atoms with Crippen LogP contribution >= 0.6 is 10.7 Å². The number of rotatable bonds is 2. The van der Waals surface area contributed by atoms with Gasteiger partial charge in [-0.05, 0) is 0 Å². The van der Waals surface area contributed by atoms with Crippen molar-refractivity contribution in [2.24, 2.45) is 0 Å². The molecule has 0 aromatic heterocycles. The minimum atomic E-state index is -3.32. The summed E-state index contributed by atoms with van der Waals surface area (Å²) < 4.78 is 22.1. The van der Waals surface area contributed by atoms with Crippen molar-refractivity contribution in [1.82, 2.24) is 0 Å². The molecule has 5 heteroatoms. The summed E-state index contributed by atoms with van der Waals surface area (Å²) in [5.74, 6) is 0.0779. The van der Waals surface area contributed by atoms with E-state index in [1.165, 1.54) is 0 Å². The number of nitrogens with zero attached hydrogens (tertiary/aromatic N) is 1. The first-order chi connectivity index (χ1) is 4.91. The van der Waals surface area contributed by atoms with Crippen molar-refractivity contribution >= 4 is 19.7 Å². The van der Waals surface area contributed by atoms with Crippen molar-refractivity contribution in [3.8, 4) is 0 Å². The molecule has 0 atom stereocenters. The highest BCUT2D eigenvalue weighted by atomic mass is 35.7. The van der Waals surface area contributed by atoms with Crippen molar-refractivity contribution in [1.29, 1.82) is 0 Å². The second-order valence-electron chi connectivity index (χ2n) is 3.44. The van der Waals surface area contributed by atoms with Crippen molar-refractivity contribution in [2.75, 3.05) is 26.0 Å². The molecule has 11 heavy (non-hydrogen) atoms. The summed E-state index contributed by atoms with van der Waals surface area (Å²) >= 11 is 0. The fourth-order valence-electron chi connectivity index (χ4n) is 1.60. The summed E-state index contributed by atoms with van der Waals surface area (Å²) in [5.41, 5.74) is 0. The van der Waals surface area contributed by atoms with Gasteiger partial charge >= 0.3 is 0 Å². The Kier molecular flexibility index (Phi) is 2.46. The van der Waals surface area contributed by atoms with E-state index in [4.69, 9.17) is 10.7 Å². The van der Waals surface area contributed by atoms with Gasteiger partial charge in [0, 0.05) is 23.5 Å². The van der Waals surface area contributed by atoms with Crippen LogP contribution in [0.3, 0.4) is 0 Å². The first-order valence-corrected chi connectivity index (χ1v) is 6.15. The molecular weight excluding hydrogens is 186 g/mol. The Bertz CT molecular complexity index is 231. The first-order valence-electron chi connectivity index (χ1n) is 3.67. The Morgan fingerprint density at radius 3 is 2.18 bits per heavy atom. The van der Waals surface area contributed by atoms with Crippen molar-refractivity contribution in [2.45, 2.75) is 12.8 Å². The maximum absolute atomic E-state index is 10.7. The monoisotopic (exact) mass is 198 g/mol. The maximum atomic E-state index is 10.7. The Labute approximate surface area is 72.0 Å². The molecule has 1 rings (SSSR count). The van der Waals surface area contributed by atoms with Gasteiger partial charge < -0.3 is 4.48 Å². The van der Waals surface area contributed by atoms with Gasteiger partial charge in [-0.1, -0.05) is 0 Å². The third-order valence-corrected chi connectivity index (χ3v) is 3.34. The molecule has 3 nitrogen and oxygen atoms in total. The Morgan fingerprint density at radius 2 is 1.82 bits per heavy atom. The number of likely N-dealkylation sites (tertiary alicyclic amines) is 1. The van der Waals surface area contributed by atoms with Crippen LogP contribution in [0, 0.1) is 0 Å². The minimum Gasteiger partial charge on any atom is -0.312 e. The smallest absolute Gasteiger partial charge is 0.283 e. The van der Waals surface area contributed by atoms with E-state index in [1.54, 1.807) is 0 Å². The standard InChI is InChI=1S/C6H13ClNO2S/c1-8(4-2-3-5-8)6-11(7,9)10/h2-6H2,1H3/q+1. The van der Waals surface area contributed by atoms with Gasteiger partial charge in [-0.25, -0.2) is 8.42 Å². The number of halogens is 1. The van der Waals surface area contributed by atoms with E-state index in [1.807, 2.05) is 7.05 Å². The van der Waals surface area contributed by atoms with Gasteiger partial charge in [0.15, 0.2) is 5.88 Å². The first kappa shape index (κ1) is 9.29. The van der Waals surface area contributed by atoms with Gasteiger partial charge in [0.2, 0.25) is 0 Å². The lowest BCUT2D eigenvalue weighted by molar-refractivity contribution is -0.885. The van der Waals surface area contributed by atoms with Crippen LogP contribution in [-0.2, 0) is 9.05 Å². The van der Waals surface area contributed by atoms with Gasteiger partial charge in [-0.15, -0.1) is 0 Å². The van der Waals surface area contributed by atoms with Crippen LogP contribution in [0.15, 0.2) is 0 Å².